The van der Waals surface area contributed by atoms with Crippen LogP contribution in [0.2, 0.25) is 0 Å². The zero-order valence-corrected chi connectivity index (χ0v) is 16.9. The van der Waals surface area contributed by atoms with E-state index in [0.717, 1.165) is 49.5 Å². The predicted molar refractivity (Wildman–Crippen MR) is 104 cm³/mol. The van der Waals surface area contributed by atoms with E-state index in [4.69, 9.17) is 0 Å². The first-order valence-electron chi connectivity index (χ1n) is 7.41. The Kier molecular flexibility index (Phi) is 8.52. The van der Waals surface area contributed by atoms with Gasteiger partial charge in [0.1, 0.15) is 5.82 Å². The van der Waals surface area contributed by atoms with E-state index in [2.05, 4.69) is 41.7 Å². The van der Waals surface area contributed by atoms with Crippen LogP contribution in [0.15, 0.2) is 4.99 Å². The maximum Gasteiger partial charge on any atom is 0.239 e. The highest BCUT2D eigenvalue weighted by atomic mass is 127. The van der Waals surface area contributed by atoms with Crippen molar-refractivity contribution in [3.63, 3.8) is 0 Å². The van der Waals surface area contributed by atoms with Gasteiger partial charge in [0.15, 0.2) is 5.96 Å². The van der Waals surface area contributed by atoms with Gasteiger partial charge < -0.3 is 20.4 Å². The van der Waals surface area contributed by atoms with Crippen LogP contribution >= 0.6 is 35.5 Å². The molecule has 2 heterocycles. The summed E-state index contributed by atoms with van der Waals surface area (Å²) < 4.78 is 4.33. The van der Waals surface area contributed by atoms with Gasteiger partial charge >= 0.3 is 0 Å². The minimum Gasteiger partial charge on any atom is -0.358 e. The molecular weight excluding hydrogens is 429 g/mol. The van der Waals surface area contributed by atoms with Gasteiger partial charge in [0.2, 0.25) is 11.0 Å². The SMILES string of the molecule is CCc1nsc(N2CCN(C(=NC)NCC(=O)NC)CC2)n1.I. The van der Waals surface area contributed by atoms with Gasteiger partial charge in [0.25, 0.3) is 0 Å². The van der Waals surface area contributed by atoms with E-state index in [1.165, 1.54) is 11.5 Å². The lowest BCUT2D eigenvalue weighted by Gasteiger charge is -2.36. The van der Waals surface area contributed by atoms with Gasteiger partial charge in [0, 0.05) is 58.2 Å². The van der Waals surface area contributed by atoms with E-state index in [1.807, 2.05) is 0 Å². The molecule has 0 saturated carbocycles. The number of amides is 1. The second kappa shape index (κ2) is 9.85. The van der Waals surface area contributed by atoms with Crippen molar-refractivity contribution in [1.82, 2.24) is 24.9 Å². The Hall–Kier alpha value is -1.17. The Morgan fingerprint density at radius 3 is 2.57 bits per heavy atom. The maximum atomic E-state index is 11.3. The molecule has 1 amide bonds. The largest absolute Gasteiger partial charge is 0.358 e. The summed E-state index contributed by atoms with van der Waals surface area (Å²) in [6.45, 7) is 5.73. The van der Waals surface area contributed by atoms with E-state index in [1.54, 1.807) is 14.1 Å². The topological polar surface area (TPSA) is 85.8 Å². The summed E-state index contributed by atoms with van der Waals surface area (Å²) in [6, 6.07) is 0. The number of hydrogen-bond donors (Lipinski definition) is 2. The molecule has 1 fully saturated rings. The number of rotatable bonds is 4. The molecule has 0 spiro atoms. The van der Waals surface area contributed by atoms with Gasteiger partial charge in [-0.3, -0.25) is 9.79 Å². The number of hydrogen-bond acceptors (Lipinski definition) is 6. The quantitative estimate of drug-likeness (QED) is 0.384. The van der Waals surface area contributed by atoms with Crippen LogP contribution in [0.3, 0.4) is 0 Å². The van der Waals surface area contributed by atoms with E-state index in [-0.39, 0.29) is 36.4 Å². The number of piperazine rings is 1. The Bertz CT molecular complexity index is 528. The molecule has 130 valence electrons. The van der Waals surface area contributed by atoms with Gasteiger partial charge in [-0.05, 0) is 0 Å². The van der Waals surface area contributed by atoms with Crippen LogP contribution in [0, 0.1) is 0 Å². The number of nitrogens with zero attached hydrogens (tertiary/aromatic N) is 5. The van der Waals surface area contributed by atoms with E-state index >= 15 is 0 Å². The molecule has 0 unspecified atom stereocenters. The summed E-state index contributed by atoms with van der Waals surface area (Å²) in [4.78, 5) is 24.5. The molecule has 23 heavy (non-hydrogen) atoms. The van der Waals surface area contributed by atoms with Crippen LogP contribution in [0.25, 0.3) is 0 Å². The minimum absolute atomic E-state index is 0. The molecule has 1 aliphatic heterocycles. The van der Waals surface area contributed by atoms with E-state index in [9.17, 15) is 4.79 Å². The van der Waals surface area contributed by atoms with Gasteiger partial charge in [-0.1, -0.05) is 6.92 Å². The fourth-order valence-electron chi connectivity index (χ4n) is 2.21. The first-order chi connectivity index (χ1) is 10.7. The average Bonchev–Trinajstić information content (AvgIpc) is 3.04. The fraction of sp³-hybridized carbons (Fsp3) is 0.692. The molecule has 1 saturated heterocycles. The second-order valence-electron chi connectivity index (χ2n) is 4.89. The molecule has 10 heteroatoms. The third-order valence-electron chi connectivity index (χ3n) is 3.52. The maximum absolute atomic E-state index is 11.3. The fourth-order valence-corrected chi connectivity index (χ4v) is 3.01. The number of nitrogens with one attached hydrogen (secondary N) is 2. The van der Waals surface area contributed by atoms with Crippen molar-refractivity contribution in [2.24, 2.45) is 4.99 Å². The average molecular weight is 453 g/mol. The van der Waals surface area contributed by atoms with Gasteiger partial charge in [-0.25, -0.2) is 4.98 Å². The normalized spacial score (nSPS) is 15.2. The minimum atomic E-state index is -0.0549. The van der Waals surface area contributed by atoms with Crippen molar-refractivity contribution in [3.8, 4) is 0 Å². The van der Waals surface area contributed by atoms with Crippen LogP contribution in [-0.4, -0.2) is 72.9 Å². The van der Waals surface area contributed by atoms with Crippen LogP contribution in [0.5, 0.6) is 0 Å². The van der Waals surface area contributed by atoms with Crippen molar-refractivity contribution in [2.75, 3.05) is 51.7 Å². The second-order valence-corrected chi connectivity index (χ2v) is 5.63. The first-order valence-corrected chi connectivity index (χ1v) is 8.19. The Morgan fingerprint density at radius 2 is 2.04 bits per heavy atom. The molecule has 0 atom stereocenters. The zero-order valence-electron chi connectivity index (χ0n) is 13.7. The van der Waals surface area contributed by atoms with Crippen molar-refractivity contribution in [2.45, 2.75) is 13.3 Å². The summed E-state index contributed by atoms with van der Waals surface area (Å²) in [5.74, 6) is 1.61. The summed E-state index contributed by atoms with van der Waals surface area (Å²) in [5, 5.41) is 6.65. The van der Waals surface area contributed by atoms with E-state index < -0.39 is 0 Å². The number of carbonyl (C=O) groups is 1. The number of aryl methyl sites for hydroxylation is 1. The summed E-state index contributed by atoms with van der Waals surface area (Å²) in [6.07, 6.45) is 0.868. The number of guanidine groups is 1. The molecular formula is C13H24IN7OS. The lowest BCUT2D eigenvalue weighted by molar-refractivity contribution is -0.119. The molecule has 0 bridgehead atoms. The highest BCUT2D eigenvalue weighted by Gasteiger charge is 2.22. The highest BCUT2D eigenvalue weighted by molar-refractivity contribution is 14.0. The third-order valence-corrected chi connectivity index (χ3v) is 4.34. The van der Waals surface area contributed by atoms with Crippen molar-refractivity contribution in [3.05, 3.63) is 5.82 Å². The van der Waals surface area contributed by atoms with E-state index in [0.29, 0.717) is 0 Å². The highest BCUT2D eigenvalue weighted by Crippen LogP contribution is 2.19. The van der Waals surface area contributed by atoms with Crippen molar-refractivity contribution >= 4 is 52.5 Å². The summed E-state index contributed by atoms with van der Waals surface area (Å²) in [5.41, 5.74) is 0. The van der Waals surface area contributed by atoms with Crippen molar-refractivity contribution in [1.29, 1.82) is 0 Å². The monoisotopic (exact) mass is 453 g/mol. The van der Waals surface area contributed by atoms with Crippen LogP contribution in [0.1, 0.15) is 12.7 Å². The molecule has 1 aromatic heterocycles. The van der Waals surface area contributed by atoms with Crippen LogP contribution in [-0.2, 0) is 11.2 Å². The van der Waals surface area contributed by atoms with Gasteiger partial charge in [0.05, 0.1) is 6.54 Å². The third kappa shape index (κ3) is 5.44. The molecule has 0 radical (unpaired) electrons. The van der Waals surface area contributed by atoms with Crippen LogP contribution < -0.4 is 15.5 Å². The number of aromatic nitrogens is 2. The predicted octanol–water partition coefficient (Wildman–Crippen LogP) is 0.162. The number of halogens is 1. The smallest absolute Gasteiger partial charge is 0.239 e. The number of aliphatic imine (C=N–C) groups is 1. The Balaban J connectivity index is 0.00000264. The van der Waals surface area contributed by atoms with Gasteiger partial charge in [-0.2, -0.15) is 4.37 Å². The molecule has 8 nitrogen and oxygen atoms in total. The Morgan fingerprint density at radius 1 is 1.35 bits per heavy atom. The van der Waals surface area contributed by atoms with Crippen LogP contribution in [0.4, 0.5) is 5.13 Å². The van der Waals surface area contributed by atoms with Gasteiger partial charge in [-0.15, -0.1) is 24.0 Å². The number of anilines is 1. The molecule has 0 aliphatic carbocycles. The first kappa shape index (κ1) is 19.9. The molecule has 1 aliphatic rings. The van der Waals surface area contributed by atoms with Crippen molar-refractivity contribution < 1.29 is 4.79 Å². The standard InChI is InChI=1S/C13H23N7OS.HI/c1-4-10-17-13(22-18-10)20-7-5-19(6-8-20)12(15-3)16-9-11(21)14-2;/h4-9H2,1-3H3,(H,14,21)(H,15,16);1H. The summed E-state index contributed by atoms with van der Waals surface area (Å²) in [7, 11) is 3.36. The number of likely N-dealkylation sites (N-methyl/N-ethyl adjacent to an activating group) is 1. The zero-order chi connectivity index (χ0) is 15.9. The summed E-state index contributed by atoms with van der Waals surface area (Å²) >= 11 is 1.46. The Labute approximate surface area is 157 Å². The number of carbonyl (C=O) groups excluding carboxylic acids is 1. The lowest BCUT2D eigenvalue weighted by Crippen LogP contribution is -2.53. The molecule has 1 aromatic rings. The molecule has 2 rings (SSSR count). The molecule has 0 aromatic carbocycles. The molecule has 2 N–H and O–H groups in total. The lowest BCUT2D eigenvalue weighted by atomic mass is 10.3.